The summed E-state index contributed by atoms with van der Waals surface area (Å²) >= 11 is 0. The summed E-state index contributed by atoms with van der Waals surface area (Å²) in [7, 11) is 5.57. The highest BCUT2D eigenvalue weighted by atomic mass is 19.1. The Balaban J connectivity index is 2.34. The van der Waals surface area contributed by atoms with Crippen LogP contribution in [0.25, 0.3) is 22.5 Å². The second-order valence-corrected chi connectivity index (χ2v) is 5.82. The zero-order valence-electron chi connectivity index (χ0n) is 13.6. The van der Waals surface area contributed by atoms with Crippen LogP contribution in [0.15, 0.2) is 43.0 Å². The first-order valence-corrected chi connectivity index (χ1v) is 7.35. The van der Waals surface area contributed by atoms with Gasteiger partial charge in [-0.15, -0.1) is 0 Å². The smallest absolute Gasteiger partial charge is 0.239 e. The lowest BCUT2D eigenvalue weighted by atomic mass is 9.96. The van der Waals surface area contributed by atoms with Gasteiger partial charge >= 0.3 is 0 Å². The van der Waals surface area contributed by atoms with E-state index >= 15 is 0 Å². The van der Waals surface area contributed by atoms with Crippen molar-refractivity contribution in [1.82, 2.24) is 4.57 Å². The summed E-state index contributed by atoms with van der Waals surface area (Å²) in [5.41, 5.74) is 2.86. The van der Waals surface area contributed by atoms with E-state index in [0.29, 0.717) is 28.1 Å². The maximum absolute atomic E-state index is 14.5. The van der Waals surface area contributed by atoms with Crippen LogP contribution in [0.5, 0.6) is 0 Å². The first-order valence-electron chi connectivity index (χ1n) is 7.35. The van der Waals surface area contributed by atoms with E-state index in [9.17, 15) is 8.78 Å². The maximum Gasteiger partial charge on any atom is 0.243 e. The Bertz CT molecular complexity index is 898. The number of imidazole rings is 1. The molecule has 5 heteroatoms. The molecule has 2 aromatic heterocycles. The van der Waals surface area contributed by atoms with Crippen molar-refractivity contribution in [3.63, 3.8) is 0 Å². The Morgan fingerprint density at radius 3 is 2.35 bits per heavy atom. The quantitative estimate of drug-likeness (QED) is 0.645. The summed E-state index contributed by atoms with van der Waals surface area (Å²) < 4.78 is 34.5. The van der Waals surface area contributed by atoms with Gasteiger partial charge in [0.1, 0.15) is 24.9 Å². The molecule has 0 spiro atoms. The predicted molar refractivity (Wildman–Crippen MR) is 83.3 cm³/mol. The molecule has 0 saturated carbocycles. The van der Waals surface area contributed by atoms with E-state index in [1.165, 1.54) is 0 Å². The van der Waals surface area contributed by atoms with Gasteiger partial charge in [0, 0.05) is 18.2 Å². The molecule has 23 heavy (non-hydrogen) atoms. The van der Waals surface area contributed by atoms with Crippen molar-refractivity contribution in [3.8, 4) is 22.5 Å². The Hall–Kier alpha value is -2.56. The van der Waals surface area contributed by atoms with Crippen molar-refractivity contribution in [2.45, 2.75) is 6.92 Å². The van der Waals surface area contributed by atoms with E-state index in [4.69, 9.17) is 0 Å². The van der Waals surface area contributed by atoms with Gasteiger partial charge in [0.05, 0.1) is 25.2 Å². The fourth-order valence-electron chi connectivity index (χ4n) is 3.04. The summed E-state index contributed by atoms with van der Waals surface area (Å²) in [5.74, 6) is -1.10. The number of hydrogen-bond donors (Lipinski definition) is 0. The highest BCUT2D eigenvalue weighted by Gasteiger charge is 2.26. The SMILES string of the molecule is Cc1c(-c2c[n+](C)cn2C)c(F)cc(F)c1-c1cccc[n+]1C. The molecule has 3 rings (SSSR count). The molecule has 0 fully saturated rings. The lowest BCUT2D eigenvalue weighted by molar-refractivity contribution is -0.670. The van der Waals surface area contributed by atoms with Crippen LogP contribution in [0, 0.1) is 18.6 Å². The van der Waals surface area contributed by atoms with Crippen LogP contribution in [0.2, 0.25) is 0 Å². The minimum absolute atomic E-state index is 0.424. The lowest BCUT2D eigenvalue weighted by Gasteiger charge is -2.11. The van der Waals surface area contributed by atoms with Crippen molar-refractivity contribution in [2.24, 2.45) is 21.1 Å². The summed E-state index contributed by atoms with van der Waals surface area (Å²) in [4.78, 5) is 0. The molecular formula is C18H19F2N3+2. The average molecular weight is 315 g/mol. The van der Waals surface area contributed by atoms with Gasteiger partial charge in [-0.1, -0.05) is 0 Å². The normalized spacial score (nSPS) is 11.0. The van der Waals surface area contributed by atoms with Gasteiger partial charge in [0.2, 0.25) is 12.0 Å². The first-order chi connectivity index (χ1) is 10.9. The molecule has 0 aliphatic heterocycles. The Labute approximate surface area is 134 Å². The van der Waals surface area contributed by atoms with Gasteiger partial charge in [-0.2, -0.15) is 0 Å². The second kappa shape index (κ2) is 5.57. The molecule has 0 amide bonds. The van der Waals surface area contributed by atoms with Gasteiger partial charge in [0.25, 0.3) is 0 Å². The third-order valence-corrected chi connectivity index (χ3v) is 4.11. The average Bonchev–Trinajstić information content (AvgIpc) is 2.79. The molecule has 0 saturated heterocycles. The van der Waals surface area contributed by atoms with Crippen LogP contribution < -0.4 is 9.13 Å². The zero-order chi connectivity index (χ0) is 16.7. The minimum atomic E-state index is -0.552. The molecule has 3 nitrogen and oxygen atoms in total. The fraction of sp³-hybridized carbons (Fsp3) is 0.222. The highest BCUT2D eigenvalue weighted by molar-refractivity contribution is 5.75. The number of benzene rings is 1. The molecule has 3 aromatic rings. The van der Waals surface area contributed by atoms with Crippen molar-refractivity contribution >= 4 is 0 Å². The maximum atomic E-state index is 14.5. The van der Waals surface area contributed by atoms with Gasteiger partial charge < -0.3 is 0 Å². The van der Waals surface area contributed by atoms with E-state index in [-0.39, 0.29) is 0 Å². The molecule has 0 bridgehead atoms. The number of aromatic nitrogens is 3. The number of aryl methyl sites for hydroxylation is 3. The van der Waals surface area contributed by atoms with E-state index in [1.807, 2.05) is 71.8 Å². The third-order valence-electron chi connectivity index (χ3n) is 4.11. The van der Waals surface area contributed by atoms with Crippen LogP contribution in [-0.2, 0) is 21.1 Å². The first kappa shape index (κ1) is 15.3. The standard InChI is InChI=1S/C18H19F2N3/c1-12-17(15-7-5-6-8-22(15)3)13(19)9-14(20)18(12)16-10-21(2)11-23(16)4/h5-11H,1-4H3/q+2. The van der Waals surface area contributed by atoms with E-state index < -0.39 is 11.6 Å². The van der Waals surface area contributed by atoms with Crippen LogP contribution in [0.4, 0.5) is 8.78 Å². The lowest BCUT2D eigenvalue weighted by Crippen LogP contribution is -2.30. The number of pyridine rings is 1. The molecule has 2 heterocycles. The zero-order valence-corrected chi connectivity index (χ0v) is 13.6. The predicted octanol–water partition coefficient (Wildman–Crippen LogP) is 2.59. The molecule has 118 valence electrons. The number of hydrogen-bond acceptors (Lipinski definition) is 0. The van der Waals surface area contributed by atoms with Crippen LogP contribution in [0.3, 0.4) is 0 Å². The summed E-state index contributed by atoms with van der Waals surface area (Å²) in [6, 6.07) is 6.52. The van der Waals surface area contributed by atoms with Crippen molar-refractivity contribution in [2.75, 3.05) is 0 Å². The molecule has 1 aromatic carbocycles. The van der Waals surface area contributed by atoms with E-state index in [2.05, 4.69) is 0 Å². The molecule has 0 atom stereocenters. The number of rotatable bonds is 2. The van der Waals surface area contributed by atoms with Crippen LogP contribution in [0.1, 0.15) is 5.56 Å². The Morgan fingerprint density at radius 2 is 1.74 bits per heavy atom. The number of nitrogens with zero attached hydrogens (tertiary/aromatic N) is 3. The van der Waals surface area contributed by atoms with Gasteiger partial charge in [-0.05, 0) is 18.6 Å². The highest BCUT2D eigenvalue weighted by Crippen LogP contribution is 2.34. The Morgan fingerprint density at radius 1 is 1.04 bits per heavy atom. The van der Waals surface area contributed by atoms with E-state index in [0.717, 1.165) is 6.07 Å². The van der Waals surface area contributed by atoms with Crippen molar-refractivity contribution in [1.29, 1.82) is 0 Å². The summed E-state index contributed by atoms with van der Waals surface area (Å²) in [5, 5.41) is 0. The van der Waals surface area contributed by atoms with Crippen LogP contribution in [-0.4, -0.2) is 4.57 Å². The molecule has 0 N–H and O–H groups in total. The van der Waals surface area contributed by atoms with Gasteiger partial charge in [-0.25, -0.2) is 22.5 Å². The largest absolute Gasteiger partial charge is 0.243 e. The summed E-state index contributed by atoms with van der Waals surface area (Å²) in [6.07, 6.45) is 5.53. The fourth-order valence-corrected chi connectivity index (χ4v) is 3.04. The molecular weight excluding hydrogens is 296 g/mol. The van der Waals surface area contributed by atoms with E-state index in [1.54, 1.807) is 6.92 Å². The van der Waals surface area contributed by atoms with Crippen molar-refractivity contribution in [3.05, 3.63) is 60.2 Å². The molecule has 0 unspecified atom stereocenters. The monoisotopic (exact) mass is 315 g/mol. The molecule has 0 aliphatic carbocycles. The minimum Gasteiger partial charge on any atom is -0.239 e. The summed E-state index contributed by atoms with van der Waals surface area (Å²) in [6.45, 7) is 1.76. The van der Waals surface area contributed by atoms with Crippen molar-refractivity contribution < 1.29 is 17.9 Å². The Kier molecular flexibility index (Phi) is 3.72. The molecule has 0 radical (unpaired) electrons. The van der Waals surface area contributed by atoms with Gasteiger partial charge in [0.15, 0.2) is 11.9 Å². The number of halogens is 2. The van der Waals surface area contributed by atoms with Crippen LogP contribution >= 0.6 is 0 Å². The second-order valence-electron chi connectivity index (χ2n) is 5.82. The van der Waals surface area contributed by atoms with Gasteiger partial charge in [-0.3, -0.25) is 0 Å². The third kappa shape index (κ3) is 2.52. The topological polar surface area (TPSA) is 12.7 Å². The molecule has 0 aliphatic rings.